The summed E-state index contributed by atoms with van der Waals surface area (Å²) in [7, 11) is 1.68. The van der Waals surface area contributed by atoms with Gasteiger partial charge < -0.3 is 4.74 Å². The topological polar surface area (TPSA) is 47.3 Å². The average Bonchev–Trinajstić information content (AvgIpc) is 2.26. The van der Waals surface area contributed by atoms with E-state index in [0.29, 0.717) is 0 Å². The number of hydrogen-bond acceptors (Lipinski definition) is 4. The van der Waals surface area contributed by atoms with Crippen LogP contribution in [0.5, 0.6) is 5.75 Å². The molecule has 1 atom stereocenters. The number of benzene rings is 1. The Bertz CT molecular complexity index is 317. The molecule has 0 aliphatic rings. The minimum absolute atomic E-state index is 0.134. The zero-order chi connectivity index (χ0) is 11.3. The maximum absolute atomic E-state index is 5.55. The lowest BCUT2D eigenvalue weighted by Gasteiger charge is -2.18. The van der Waals surface area contributed by atoms with E-state index < -0.39 is 0 Å². The summed E-state index contributed by atoms with van der Waals surface area (Å²) in [5.74, 6) is 7.36. The van der Waals surface area contributed by atoms with Crippen LogP contribution in [0.4, 0.5) is 0 Å². The van der Waals surface area contributed by atoms with Crippen LogP contribution >= 0.6 is 11.8 Å². The van der Waals surface area contributed by atoms with E-state index in [0.717, 1.165) is 17.1 Å². The van der Waals surface area contributed by atoms with Gasteiger partial charge in [-0.05, 0) is 19.2 Å². The molecule has 1 aromatic rings. The van der Waals surface area contributed by atoms with Crippen LogP contribution in [-0.2, 0) is 0 Å². The van der Waals surface area contributed by atoms with E-state index in [1.165, 1.54) is 5.56 Å². The van der Waals surface area contributed by atoms with Crippen molar-refractivity contribution in [3.63, 3.8) is 0 Å². The van der Waals surface area contributed by atoms with Crippen molar-refractivity contribution in [2.75, 3.05) is 19.1 Å². The summed E-state index contributed by atoms with van der Waals surface area (Å²) in [5.41, 5.74) is 5.16. The van der Waals surface area contributed by atoms with Crippen molar-refractivity contribution in [2.45, 2.75) is 13.0 Å². The third-order valence-corrected chi connectivity index (χ3v) is 2.96. The molecule has 0 radical (unpaired) electrons. The lowest BCUT2D eigenvalue weighted by atomic mass is 10.0. The van der Waals surface area contributed by atoms with Crippen LogP contribution in [0.3, 0.4) is 0 Å². The minimum Gasteiger partial charge on any atom is -0.496 e. The Morgan fingerprint density at radius 1 is 1.53 bits per heavy atom. The van der Waals surface area contributed by atoms with Crippen molar-refractivity contribution < 1.29 is 4.74 Å². The maximum Gasteiger partial charge on any atom is 0.123 e. The van der Waals surface area contributed by atoms with Gasteiger partial charge in [0.1, 0.15) is 5.75 Å². The van der Waals surface area contributed by atoms with Crippen molar-refractivity contribution in [1.29, 1.82) is 0 Å². The molecular weight excluding hydrogens is 208 g/mol. The first-order valence-electron chi connectivity index (χ1n) is 4.82. The van der Waals surface area contributed by atoms with Gasteiger partial charge in [-0.15, -0.1) is 0 Å². The molecule has 4 heteroatoms. The molecule has 0 aliphatic carbocycles. The molecule has 0 fully saturated rings. The predicted octanol–water partition coefficient (Wildman–Crippen LogP) is 1.87. The molecule has 0 aromatic heterocycles. The highest BCUT2D eigenvalue weighted by molar-refractivity contribution is 7.98. The maximum atomic E-state index is 5.55. The zero-order valence-electron chi connectivity index (χ0n) is 9.41. The first-order valence-corrected chi connectivity index (χ1v) is 6.22. The van der Waals surface area contributed by atoms with Gasteiger partial charge in [0.2, 0.25) is 0 Å². The molecule has 0 spiro atoms. The summed E-state index contributed by atoms with van der Waals surface area (Å²) in [4.78, 5) is 0. The molecule has 1 rings (SSSR count). The quantitative estimate of drug-likeness (QED) is 0.594. The zero-order valence-corrected chi connectivity index (χ0v) is 10.2. The van der Waals surface area contributed by atoms with E-state index in [1.807, 2.05) is 12.1 Å². The second kappa shape index (κ2) is 6.00. The van der Waals surface area contributed by atoms with Crippen molar-refractivity contribution in [3.8, 4) is 5.75 Å². The van der Waals surface area contributed by atoms with Gasteiger partial charge in [-0.1, -0.05) is 17.7 Å². The van der Waals surface area contributed by atoms with E-state index in [-0.39, 0.29) is 6.04 Å². The number of nitrogens with two attached hydrogens (primary N) is 1. The molecule has 15 heavy (non-hydrogen) atoms. The van der Waals surface area contributed by atoms with Crippen LogP contribution in [0.25, 0.3) is 0 Å². The summed E-state index contributed by atoms with van der Waals surface area (Å²) in [6.07, 6.45) is 2.06. The van der Waals surface area contributed by atoms with Crippen LogP contribution in [0.15, 0.2) is 18.2 Å². The van der Waals surface area contributed by atoms with Gasteiger partial charge in [0.05, 0.1) is 13.2 Å². The summed E-state index contributed by atoms with van der Waals surface area (Å²) in [6.45, 7) is 2.07. The third-order valence-electron chi connectivity index (χ3n) is 2.30. The largest absolute Gasteiger partial charge is 0.496 e. The number of rotatable bonds is 5. The van der Waals surface area contributed by atoms with Gasteiger partial charge in [-0.25, -0.2) is 0 Å². The molecule has 84 valence electrons. The minimum atomic E-state index is 0.134. The van der Waals surface area contributed by atoms with E-state index in [1.54, 1.807) is 18.9 Å². The Balaban J connectivity index is 3.02. The van der Waals surface area contributed by atoms with Gasteiger partial charge in [0.25, 0.3) is 0 Å². The van der Waals surface area contributed by atoms with Crippen molar-refractivity contribution in [1.82, 2.24) is 5.43 Å². The molecule has 0 heterocycles. The summed E-state index contributed by atoms with van der Waals surface area (Å²) in [5, 5.41) is 0. The molecular formula is C11H18N2OS. The molecule has 0 bridgehead atoms. The van der Waals surface area contributed by atoms with E-state index >= 15 is 0 Å². The fourth-order valence-electron chi connectivity index (χ4n) is 1.52. The normalized spacial score (nSPS) is 12.5. The van der Waals surface area contributed by atoms with Crippen LogP contribution < -0.4 is 16.0 Å². The van der Waals surface area contributed by atoms with Crippen LogP contribution in [0.2, 0.25) is 0 Å². The monoisotopic (exact) mass is 226 g/mol. The van der Waals surface area contributed by atoms with Gasteiger partial charge in [0, 0.05) is 11.3 Å². The number of ether oxygens (including phenoxy) is 1. The number of aryl methyl sites for hydroxylation is 1. The van der Waals surface area contributed by atoms with Crippen LogP contribution in [0.1, 0.15) is 17.2 Å². The molecule has 0 aliphatic heterocycles. The molecule has 0 amide bonds. The van der Waals surface area contributed by atoms with Crippen LogP contribution in [-0.4, -0.2) is 19.1 Å². The highest BCUT2D eigenvalue weighted by Crippen LogP contribution is 2.27. The Hall–Kier alpha value is -0.710. The molecule has 0 saturated heterocycles. The summed E-state index contributed by atoms with van der Waals surface area (Å²) >= 11 is 1.76. The van der Waals surface area contributed by atoms with Crippen molar-refractivity contribution >= 4 is 11.8 Å². The van der Waals surface area contributed by atoms with Crippen molar-refractivity contribution in [3.05, 3.63) is 29.3 Å². The number of hydrogen-bond donors (Lipinski definition) is 2. The second-order valence-electron chi connectivity index (χ2n) is 3.42. The Kier molecular flexibility index (Phi) is 4.94. The molecule has 1 aromatic carbocycles. The third kappa shape index (κ3) is 3.12. The van der Waals surface area contributed by atoms with Gasteiger partial charge in [-0.3, -0.25) is 11.3 Å². The van der Waals surface area contributed by atoms with Crippen molar-refractivity contribution in [2.24, 2.45) is 5.84 Å². The second-order valence-corrected chi connectivity index (χ2v) is 4.33. The number of thioether (sulfide) groups is 1. The van der Waals surface area contributed by atoms with E-state index in [2.05, 4.69) is 24.7 Å². The molecule has 1 unspecified atom stereocenters. The van der Waals surface area contributed by atoms with E-state index in [4.69, 9.17) is 10.6 Å². The fraction of sp³-hybridized carbons (Fsp3) is 0.455. The predicted molar refractivity (Wildman–Crippen MR) is 66.2 cm³/mol. The number of methoxy groups -OCH3 is 1. The number of hydrazine groups is 1. The first kappa shape index (κ1) is 12.4. The average molecular weight is 226 g/mol. The van der Waals surface area contributed by atoms with E-state index in [9.17, 15) is 0 Å². The van der Waals surface area contributed by atoms with Gasteiger partial charge in [-0.2, -0.15) is 11.8 Å². The van der Waals surface area contributed by atoms with Crippen LogP contribution in [0, 0.1) is 6.92 Å². The van der Waals surface area contributed by atoms with Gasteiger partial charge in [0.15, 0.2) is 0 Å². The highest BCUT2D eigenvalue weighted by Gasteiger charge is 2.14. The molecule has 3 nitrogen and oxygen atoms in total. The Labute approximate surface area is 95.4 Å². The highest BCUT2D eigenvalue weighted by atomic mass is 32.2. The number of nitrogens with one attached hydrogen (secondary N) is 1. The Morgan fingerprint density at radius 3 is 2.80 bits per heavy atom. The molecule has 3 N–H and O–H groups in total. The first-order chi connectivity index (χ1) is 7.22. The summed E-state index contributed by atoms with van der Waals surface area (Å²) < 4.78 is 5.32. The molecule has 0 saturated carbocycles. The smallest absolute Gasteiger partial charge is 0.123 e. The standard InChI is InChI=1S/C11H18N2OS/c1-8-4-5-11(14-2)9(6-8)10(13-12)7-15-3/h4-6,10,13H,7,12H2,1-3H3. The Morgan fingerprint density at radius 2 is 2.27 bits per heavy atom. The van der Waals surface area contributed by atoms with Gasteiger partial charge >= 0.3 is 0 Å². The lowest BCUT2D eigenvalue weighted by molar-refractivity contribution is 0.402. The SMILES string of the molecule is COc1ccc(C)cc1C(CSC)NN. The summed E-state index contributed by atoms with van der Waals surface area (Å²) in [6, 6.07) is 6.26. The fourth-order valence-corrected chi connectivity index (χ4v) is 2.13. The lowest BCUT2D eigenvalue weighted by Crippen LogP contribution is -2.30.